The van der Waals surface area contributed by atoms with Crippen LogP contribution in [0.5, 0.6) is 5.75 Å². The van der Waals surface area contributed by atoms with Crippen LogP contribution in [0, 0.1) is 11.7 Å². The Hall–Kier alpha value is -3.86. The zero-order chi connectivity index (χ0) is 27.2. The third-order valence-electron chi connectivity index (χ3n) is 6.74. The molecule has 0 spiro atoms. The molecule has 10 nitrogen and oxygen atoms in total. The maximum atomic E-state index is 13.1. The van der Waals surface area contributed by atoms with Gasteiger partial charge in [0.05, 0.1) is 11.0 Å². The molecule has 3 aromatic rings. The van der Waals surface area contributed by atoms with E-state index >= 15 is 0 Å². The van der Waals surface area contributed by atoms with Crippen molar-refractivity contribution in [3.63, 3.8) is 0 Å². The Balaban J connectivity index is 1.29. The molecule has 3 N–H and O–H groups in total. The summed E-state index contributed by atoms with van der Waals surface area (Å²) in [4.78, 5) is 39.5. The molecule has 1 unspecified atom stereocenters. The number of hydrogen-bond acceptors (Lipinski definition) is 6. The van der Waals surface area contributed by atoms with Crippen LogP contribution in [0.25, 0.3) is 11.0 Å². The minimum Gasteiger partial charge on any atom is -0.490 e. The molecule has 1 fully saturated rings. The van der Waals surface area contributed by atoms with Crippen molar-refractivity contribution in [1.29, 1.82) is 0 Å². The molecule has 204 valence electrons. The van der Waals surface area contributed by atoms with Crippen molar-refractivity contribution in [1.82, 2.24) is 19.4 Å². The molecule has 2 amide bonds. The Morgan fingerprint density at radius 1 is 1.08 bits per heavy atom. The van der Waals surface area contributed by atoms with Gasteiger partial charge in [-0.1, -0.05) is 12.1 Å². The van der Waals surface area contributed by atoms with Gasteiger partial charge in [-0.3, -0.25) is 9.47 Å². The summed E-state index contributed by atoms with van der Waals surface area (Å²) in [6, 6.07) is 12.4. The fourth-order valence-corrected chi connectivity index (χ4v) is 4.85. The zero-order valence-electron chi connectivity index (χ0n) is 21.6. The number of primary amides is 1. The van der Waals surface area contributed by atoms with Crippen molar-refractivity contribution in [2.24, 2.45) is 11.7 Å². The van der Waals surface area contributed by atoms with E-state index in [2.05, 4.69) is 10.2 Å². The number of carbonyl (C=O) groups excluding carboxylic acids is 2. The maximum Gasteiger partial charge on any atom is 0.404 e. The number of fused-ring (bicyclic) bond motifs is 1. The fraction of sp³-hybridized carbons (Fsp3) is 0.444. The van der Waals surface area contributed by atoms with Gasteiger partial charge in [-0.2, -0.15) is 0 Å². The molecule has 2 aromatic carbocycles. The van der Waals surface area contributed by atoms with Gasteiger partial charge in [0.2, 0.25) is 0 Å². The number of imidazole rings is 1. The van der Waals surface area contributed by atoms with E-state index in [1.807, 2.05) is 32.0 Å². The molecule has 0 aliphatic carbocycles. The van der Waals surface area contributed by atoms with Crippen LogP contribution in [0.15, 0.2) is 53.3 Å². The number of ether oxygens (including phenoxy) is 2. The topological polar surface area (TPSA) is 121 Å². The van der Waals surface area contributed by atoms with E-state index in [9.17, 15) is 18.8 Å². The highest BCUT2D eigenvalue weighted by Gasteiger charge is 2.25. The number of nitrogens with zero attached hydrogens (tertiary/aromatic N) is 3. The smallest absolute Gasteiger partial charge is 0.404 e. The number of nitrogens with two attached hydrogens (primary N) is 1. The number of rotatable bonds is 9. The van der Waals surface area contributed by atoms with Crippen molar-refractivity contribution < 1.29 is 23.5 Å². The molecule has 1 saturated heterocycles. The van der Waals surface area contributed by atoms with Crippen molar-refractivity contribution in [2.75, 3.05) is 32.8 Å². The van der Waals surface area contributed by atoms with Crippen LogP contribution < -0.4 is 21.5 Å². The maximum absolute atomic E-state index is 13.1. The lowest BCUT2D eigenvalue weighted by Crippen LogP contribution is -2.45. The lowest BCUT2D eigenvalue weighted by atomic mass is 9.96. The minimum atomic E-state index is -0.885. The highest BCUT2D eigenvalue weighted by Crippen LogP contribution is 2.19. The van der Waals surface area contributed by atoms with Gasteiger partial charge in [-0.25, -0.2) is 23.3 Å². The number of amides is 2. The van der Waals surface area contributed by atoms with Crippen molar-refractivity contribution in [3.05, 3.63) is 64.8 Å². The summed E-state index contributed by atoms with van der Waals surface area (Å²) in [5.74, 6) is 0.348. The SMILES string of the molecule is CC(C)n1c(=O)n(C(=O)NCC2CCN(CC(COc3ccc(F)cc3)OC(N)=O)CC2)c2ccccc21. The number of piperidine rings is 1. The second-order valence-corrected chi connectivity index (χ2v) is 9.82. The van der Waals surface area contributed by atoms with Crippen LogP contribution in [0.1, 0.15) is 32.7 Å². The number of likely N-dealkylation sites (tertiary alicyclic amines) is 1. The Labute approximate surface area is 220 Å². The van der Waals surface area contributed by atoms with Gasteiger partial charge in [0.15, 0.2) is 6.10 Å². The van der Waals surface area contributed by atoms with E-state index in [4.69, 9.17) is 15.2 Å². The average molecular weight is 528 g/mol. The molecular formula is C27H34FN5O5. The van der Waals surface area contributed by atoms with E-state index in [0.29, 0.717) is 24.4 Å². The summed E-state index contributed by atoms with van der Waals surface area (Å²) < 4.78 is 26.8. The van der Waals surface area contributed by atoms with Crippen LogP contribution in [0.3, 0.4) is 0 Å². The standard InChI is InChI=1S/C27H34FN5O5/c1-18(2)32-23-5-3-4-6-24(23)33(27(32)36)26(35)30-15-19-11-13-31(14-12-19)16-22(38-25(29)34)17-37-21-9-7-20(28)8-10-21/h3-10,18-19,22H,11-17H2,1-2H3,(H2,29,34)(H,30,35). The monoisotopic (exact) mass is 527 g/mol. The van der Waals surface area contributed by atoms with E-state index in [1.54, 1.807) is 10.6 Å². The molecule has 1 atom stereocenters. The lowest BCUT2D eigenvalue weighted by Gasteiger charge is -2.33. The van der Waals surface area contributed by atoms with Gasteiger partial charge in [0, 0.05) is 19.1 Å². The largest absolute Gasteiger partial charge is 0.490 e. The molecule has 38 heavy (non-hydrogen) atoms. The minimum absolute atomic E-state index is 0.0748. The van der Waals surface area contributed by atoms with Gasteiger partial charge < -0.3 is 20.5 Å². The first-order valence-corrected chi connectivity index (χ1v) is 12.8. The highest BCUT2D eigenvalue weighted by atomic mass is 19.1. The lowest BCUT2D eigenvalue weighted by molar-refractivity contribution is 0.0368. The first kappa shape index (κ1) is 27.2. The summed E-state index contributed by atoms with van der Waals surface area (Å²) in [6.07, 6.45) is 0.180. The van der Waals surface area contributed by atoms with Gasteiger partial charge >= 0.3 is 17.8 Å². The summed E-state index contributed by atoms with van der Waals surface area (Å²) >= 11 is 0. The molecule has 1 aliphatic rings. The van der Waals surface area contributed by atoms with Crippen LogP contribution in [0.4, 0.5) is 14.0 Å². The third kappa shape index (κ3) is 6.52. The highest BCUT2D eigenvalue weighted by molar-refractivity contribution is 5.89. The normalized spacial score (nSPS) is 15.5. The number of carbonyl (C=O) groups is 2. The number of para-hydroxylation sites is 2. The molecule has 0 radical (unpaired) electrons. The average Bonchev–Trinajstić information content (AvgIpc) is 3.19. The number of nitrogens with one attached hydrogen (secondary N) is 1. The van der Waals surface area contributed by atoms with E-state index in [0.717, 1.165) is 31.4 Å². The second-order valence-electron chi connectivity index (χ2n) is 9.82. The van der Waals surface area contributed by atoms with Crippen molar-refractivity contribution in [2.45, 2.75) is 38.8 Å². The first-order valence-electron chi connectivity index (χ1n) is 12.8. The predicted molar refractivity (Wildman–Crippen MR) is 141 cm³/mol. The first-order chi connectivity index (χ1) is 18.2. The Morgan fingerprint density at radius 2 is 1.74 bits per heavy atom. The van der Waals surface area contributed by atoms with Crippen LogP contribution in [-0.2, 0) is 4.74 Å². The van der Waals surface area contributed by atoms with Crippen molar-refractivity contribution in [3.8, 4) is 5.75 Å². The molecule has 0 bridgehead atoms. The Bertz CT molecular complexity index is 1310. The van der Waals surface area contributed by atoms with Crippen LogP contribution in [0.2, 0.25) is 0 Å². The number of hydrogen-bond donors (Lipinski definition) is 2. The van der Waals surface area contributed by atoms with Gasteiger partial charge in [0.1, 0.15) is 18.2 Å². The number of aromatic nitrogens is 2. The predicted octanol–water partition coefficient (Wildman–Crippen LogP) is 3.34. The quantitative estimate of drug-likeness (QED) is 0.440. The summed E-state index contributed by atoms with van der Waals surface area (Å²) in [6.45, 7) is 6.28. The molecule has 1 aliphatic heterocycles. The second kappa shape index (κ2) is 12.1. The van der Waals surface area contributed by atoms with Crippen molar-refractivity contribution >= 4 is 23.2 Å². The summed E-state index contributed by atoms with van der Waals surface area (Å²) in [5.41, 5.74) is 6.20. The number of halogens is 1. The van der Waals surface area contributed by atoms with Crippen LogP contribution >= 0.6 is 0 Å². The van der Waals surface area contributed by atoms with Gasteiger partial charge in [-0.15, -0.1) is 0 Å². The van der Waals surface area contributed by atoms with Gasteiger partial charge in [0.25, 0.3) is 0 Å². The summed E-state index contributed by atoms with van der Waals surface area (Å²) in [5, 5.41) is 2.94. The van der Waals surface area contributed by atoms with Crippen LogP contribution in [-0.4, -0.2) is 65.0 Å². The van der Waals surface area contributed by atoms with E-state index in [1.165, 1.54) is 28.8 Å². The molecule has 11 heteroatoms. The Kier molecular flexibility index (Phi) is 8.67. The molecule has 2 heterocycles. The van der Waals surface area contributed by atoms with E-state index in [-0.39, 0.29) is 30.1 Å². The molecule has 1 aromatic heterocycles. The fourth-order valence-electron chi connectivity index (χ4n) is 4.85. The number of benzene rings is 2. The molecule has 4 rings (SSSR count). The van der Waals surface area contributed by atoms with E-state index < -0.39 is 18.2 Å². The summed E-state index contributed by atoms with van der Waals surface area (Å²) in [7, 11) is 0. The van der Waals surface area contributed by atoms with Gasteiger partial charge in [-0.05, 0) is 82.1 Å². The zero-order valence-corrected chi connectivity index (χ0v) is 21.6. The third-order valence-corrected chi connectivity index (χ3v) is 6.74. The Morgan fingerprint density at radius 3 is 2.37 bits per heavy atom. The molecule has 0 saturated carbocycles. The molecular weight excluding hydrogens is 493 g/mol.